The van der Waals surface area contributed by atoms with Crippen molar-refractivity contribution in [2.45, 2.75) is 0 Å². The number of hydrogen-bond donors (Lipinski definition) is 2. The third-order valence-electron chi connectivity index (χ3n) is 2.31. The summed E-state index contributed by atoms with van der Waals surface area (Å²) in [5, 5.41) is 4.25. The number of nitrogens with two attached hydrogens (primary N) is 1. The Hall–Kier alpha value is -2.14. The summed E-state index contributed by atoms with van der Waals surface area (Å²) >= 11 is 0. The maximum Gasteiger partial charge on any atom is 0.283 e. The average Bonchev–Trinajstić information content (AvgIpc) is 2.71. The lowest BCUT2D eigenvalue weighted by atomic mass is 10.1. The molecule has 1 aromatic heterocycles. The predicted molar refractivity (Wildman–Crippen MR) is 60.3 cm³/mol. The summed E-state index contributed by atoms with van der Waals surface area (Å²) < 4.78 is 1.50. The molecular weight excluding hydrogens is 204 g/mol. The lowest BCUT2D eigenvalue weighted by Gasteiger charge is -1.97. The number of hydrogen-bond acceptors (Lipinski definition) is 3. The molecule has 0 atom stereocenters. The molecule has 2 aromatic rings. The molecule has 0 saturated carbocycles. The Balaban J connectivity index is 2.42. The van der Waals surface area contributed by atoms with Crippen LogP contribution in [-0.4, -0.2) is 15.7 Å². The van der Waals surface area contributed by atoms with E-state index in [0.29, 0.717) is 5.69 Å². The van der Waals surface area contributed by atoms with Gasteiger partial charge in [-0.1, -0.05) is 30.3 Å². The normalized spacial score (nSPS) is 10.1. The van der Waals surface area contributed by atoms with Crippen molar-refractivity contribution < 1.29 is 4.79 Å². The summed E-state index contributed by atoms with van der Waals surface area (Å²) in [4.78, 5) is 11.4. The van der Waals surface area contributed by atoms with Crippen molar-refractivity contribution in [3.63, 3.8) is 0 Å². The second-order valence-electron chi connectivity index (χ2n) is 3.38. The Labute approximate surface area is 92.8 Å². The van der Waals surface area contributed by atoms with Crippen molar-refractivity contribution in [2.24, 2.45) is 12.9 Å². The standard InChI is InChI=1S/C11H12N4O/c1-15-10(11(16)13-12)7-9(14-15)8-5-3-2-4-6-8/h2-7H,12H2,1H3,(H,13,16). The van der Waals surface area contributed by atoms with Crippen LogP contribution < -0.4 is 11.3 Å². The Morgan fingerprint density at radius 3 is 2.69 bits per heavy atom. The highest BCUT2D eigenvalue weighted by Crippen LogP contribution is 2.17. The van der Waals surface area contributed by atoms with E-state index < -0.39 is 0 Å². The molecule has 1 aromatic carbocycles. The molecular formula is C11H12N4O. The second kappa shape index (κ2) is 4.16. The minimum Gasteiger partial charge on any atom is -0.289 e. The summed E-state index contributed by atoms with van der Waals surface area (Å²) in [6.45, 7) is 0. The SMILES string of the molecule is Cn1nc(-c2ccccc2)cc1C(=O)NN. The van der Waals surface area contributed by atoms with Gasteiger partial charge in [-0.2, -0.15) is 5.10 Å². The van der Waals surface area contributed by atoms with Gasteiger partial charge in [-0.05, 0) is 6.07 Å². The largest absolute Gasteiger partial charge is 0.289 e. The topological polar surface area (TPSA) is 72.9 Å². The Morgan fingerprint density at radius 1 is 1.38 bits per heavy atom. The van der Waals surface area contributed by atoms with Gasteiger partial charge in [-0.3, -0.25) is 14.9 Å². The third-order valence-corrected chi connectivity index (χ3v) is 2.31. The highest BCUT2D eigenvalue weighted by atomic mass is 16.2. The second-order valence-corrected chi connectivity index (χ2v) is 3.38. The zero-order valence-corrected chi connectivity index (χ0v) is 8.84. The molecule has 16 heavy (non-hydrogen) atoms. The molecule has 0 saturated heterocycles. The minimum atomic E-state index is -0.350. The molecule has 0 aliphatic heterocycles. The molecule has 1 amide bonds. The number of rotatable bonds is 2. The molecule has 1 heterocycles. The summed E-state index contributed by atoms with van der Waals surface area (Å²) in [5.74, 6) is 4.73. The van der Waals surface area contributed by atoms with E-state index in [1.807, 2.05) is 30.3 Å². The van der Waals surface area contributed by atoms with Crippen molar-refractivity contribution in [3.8, 4) is 11.3 Å². The van der Waals surface area contributed by atoms with E-state index in [-0.39, 0.29) is 5.91 Å². The quantitative estimate of drug-likeness (QED) is 0.440. The molecule has 82 valence electrons. The van der Waals surface area contributed by atoms with Crippen LogP contribution in [0.1, 0.15) is 10.5 Å². The Bertz CT molecular complexity index is 504. The van der Waals surface area contributed by atoms with Crippen LogP contribution in [0.15, 0.2) is 36.4 Å². The van der Waals surface area contributed by atoms with Gasteiger partial charge in [-0.15, -0.1) is 0 Å². The first-order chi connectivity index (χ1) is 7.72. The van der Waals surface area contributed by atoms with E-state index in [2.05, 4.69) is 10.5 Å². The van der Waals surface area contributed by atoms with Crippen molar-refractivity contribution in [1.29, 1.82) is 0 Å². The fourth-order valence-electron chi connectivity index (χ4n) is 1.50. The summed E-state index contributed by atoms with van der Waals surface area (Å²) in [6, 6.07) is 11.4. The maximum absolute atomic E-state index is 11.4. The highest BCUT2D eigenvalue weighted by molar-refractivity contribution is 5.93. The van der Waals surface area contributed by atoms with Crippen molar-refractivity contribution in [1.82, 2.24) is 15.2 Å². The molecule has 0 fully saturated rings. The van der Waals surface area contributed by atoms with Crippen molar-refractivity contribution >= 4 is 5.91 Å². The van der Waals surface area contributed by atoms with Crippen molar-refractivity contribution in [3.05, 3.63) is 42.1 Å². The van der Waals surface area contributed by atoms with Crippen LogP contribution in [0.25, 0.3) is 11.3 Å². The number of hydrazine groups is 1. The maximum atomic E-state index is 11.4. The van der Waals surface area contributed by atoms with E-state index >= 15 is 0 Å². The third kappa shape index (κ3) is 1.80. The zero-order valence-electron chi connectivity index (χ0n) is 8.84. The van der Waals surface area contributed by atoms with Gasteiger partial charge in [-0.25, -0.2) is 5.84 Å². The number of aryl methyl sites for hydroxylation is 1. The van der Waals surface area contributed by atoms with Gasteiger partial charge in [0.15, 0.2) is 0 Å². The number of carbonyl (C=O) groups is 1. The van der Waals surface area contributed by atoms with Gasteiger partial charge in [0.05, 0.1) is 5.69 Å². The molecule has 5 heteroatoms. The number of aromatic nitrogens is 2. The van der Waals surface area contributed by atoms with E-state index in [9.17, 15) is 4.79 Å². The average molecular weight is 216 g/mol. The molecule has 2 rings (SSSR count). The van der Waals surface area contributed by atoms with Crippen LogP contribution >= 0.6 is 0 Å². The van der Waals surface area contributed by atoms with Crippen LogP contribution in [0.2, 0.25) is 0 Å². The summed E-state index contributed by atoms with van der Waals surface area (Å²) in [7, 11) is 1.71. The highest BCUT2D eigenvalue weighted by Gasteiger charge is 2.12. The van der Waals surface area contributed by atoms with Gasteiger partial charge < -0.3 is 0 Å². The van der Waals surface area contributed by atoms with E-state index in [1.54, 1.807) is 13.1 Å². The molecule has 3 N–H and O–H groups in total. The van der Waals surface area contributed by atoms with Gasteiger partial charge in [0.1, 0.15) is 5.69 Å². The van der Waals surface area contributed by atoms with E-state index in [0.717, 1.165) is 11.3 Å². The molecule has 0 radical (unpaired) electrons. The lowest BCUT2D eigenvalue weighted by Crippen LogP contribution is -2.31. The number of nitrogens with zero attached hydrogens (tertiary/aromatic N) is 2. The van der Waals surface area contributed by atoms with Crippen molar-refractivity contribution in [2.75, 3.05) is 0 Å². The first-order valence-electron chi connectivity index (χ1n) is 4.83. The summed E-state index contributed by atoms with van der Waals surface area (Å²) in [6.07, 6.45) is 0. The Kier molecular flexibility index (Phi) is 2.70. The van der Waals surface area contributed by atoms with Crippen LogP contribution in [0.3, 0.4) is 0 Å². The molecule has 0 bridgehead atoms. The van der Waals surface area contributed by atoms with Gasteiger partial charge in [0.25, 0.3) is 5.91 Å². The number of benzene rings is 1. The van der Waals surface area contributed by atoms with Gasteiger partial charge in [0, 0.05) is 12.6 Å². The van der Waals surface area contributed by atoms with Crippen LogP contribution in [0, 0.1) is 0 Å². The first-order valence-corrected chi connectivity index (χ1v) is 4.83. The lowest BCUT2D eigenvalue weighted by molar-refractivity contribution is 0.0944. The van der Waals surface area contributed by atoms with Crippen LogP contribution in [0.4, 0.5) is 0 Å². The number of carbonyl (C=O) groups excluding carboxylic acids is 1. The zero-order chi connectivity index (χ0) is 11.5. The fraction of sp³-hybridized carbons (Fsp3) is 0.0909. The minimum absolute atomic E-state index is 0.350. The van der Waals surface area contributed by atoms with Crippen LogP contribution in [-0.2, 0) is 7.05 Å². The molecule has 0 unspecified atom stereocenters. The fourth-order valence-corrected chi connectivity index (χ4v) is 1.50. The Morgan fingerprint density at radius 2 is 2.06 bits per heavy atom. The number of nitrogens with one attached hydrogen (secondary N) is 1. The molecule has 0 spiro atoms. The monoisotopic (exact) mass is 216 g/mol. The molecule has 0 aliphatic carbocycles. The van der Waals surface area contributed by atoms with E-state index in [4.69, 9.17) is 5.84 Å². The summed E-state index contributed by atoms with van der Waals surface area (Å²) in [5.41, 5.74) is 4.24. The van der Waals surface area contributed by atoms with Crippen LogP contribution in [0.5, 0.6) is 0 Å². The molecule has 0 aliphatic rings. The predicted octanol–water partition coefficient (Wildman–Crippen LogP) is 0.691. The van der Waals surface area contributed by atoms with E-state index in [1.165, 1.54) is 4.68 Å². The number of amides is 1. The molecule has 5 nitrogen and oxygen atoms in total. The van der Waals surface area contributed by atoms with Gasteiger partial charge in [0.2, 0.25) is 0 Å². The van der Waals surface area contributed by atoms with Gasteiger partial charge >= 0.3 is 0 Å². The number of nitrogen functional groups attached to an aromatic ring is 1. The first kappa shape index (κ1) is 10.4. The smallest absolute Gasteiger partial charge is 0.283 e.